The molecule has 3 aromatic rings. The molecule has 2 fully saturated rings. The number of carbonyl (C=O) groups excluding carboxylic acids is 2. The monoisotopic (exact) mass is 505 g/mol. The summed E-state index contributed by atoms with van der Waals surface area (Å²) < 4.78 is 15.8. The lowest BCUT2D eigenvalue weighted by atomic mass is 9.69. The Morgan fingerprint density at radius 2 is 1.89 bits per heavy atom. The van der Waals surface area contributed by atoms with Crippen LogP contribution in [0.2, 0.25) is 0 Å². The fraction of sp³-hybridized carbons (Fsp3) is 0.483. The van der Waals surface area contributed by atoms with E-state index < -0.39 is 17.4 Å². The van der Waals surface area contributed by atoms with Crippen molar-refractivity contribution in [3.63, 3.8) is 0 Å². The summed E-state index contributed by atoms with van der Waals surface area (Å²) in [6.45, 7) is 2.42. The fourth-order valence-electron chi connectivity index (χ4n) is 6.45. The normalized spacial score (nSPS) is 21.2. The number of pyridine rings is 1. The number of hydrogen-bond acceptors (Lipinski definition) is 4. The van der Waals surface area contributed by atoms with E-state index in [1.807, 2.05) is 33.9 Å². The second-order valence-electron chi connectivity index (χ2n) is 10.7. The van der Waals surface area contributed by atoms with Crippen LogP contribution in [0.1, 0.15) is 63.5 Å². The standard InChI is InChI=1S/C29H36FN5O2/c1-29(32-2,28(31)37)26(20-7-4-3-5-8-20)27(36)35-15-6-9-23(35)21-12-14-33-25(17-21)34-16-13-19-10-11-22(30)18-24(19)34/h10-14,16-18,20,23,26,32H,3-9,15H2,1-2H3,(H2,31,37)/t23-,26-,29?/m1/s1. The van der Waals surface area contributed by atoms with Gasteiger partial charge in [0.05, 0.1) is 17.5 Å². The van der Waals surface area contributed by atoms with Gasteiger partial charge in [0.15, 0.2) is 0 Å². The first-order valence-corrected chi connectivity index (χ1v) is 13.4. The van der Waals surface area contributed by atoms with Crippen LogP contribution in [0.3, 0.4) is 0 Å². The third kappa shape index (κ3) is 4.63. The second kappa shape index (κ2) is 10.2. The molecule has 5 rings (SSSR count). The summed E-state index contributed by atoms with van der Waals surface area (Å²) in [5, 5.41) is 4.05. The van der Waals surface area contributed by atoms with Crippen molar-refractivity contribution in [1.29, 1.82) is 0 Å². The van der Waals surface area contributed by atoms with Crippen molar-refractivity contribution in [3.05, 3.63) is 60.2 Å². The van der Waals surface area contributed by atoms with E-state index in [4.69, 9.17) is 5.73 Å². The van der Waals surface area contributed by atoms with Crippen molar-refractivity contribution in [2.75, 3.05) is 13.6 Å². The van der Waals surface area contributed by atoms with E-state index in [1.165, 1.54) is 12.1 Å². The highest BCUT2D eigenvalue weighted by Gasteiger charge is 2.50. The van der Waals surface area contributed by atoms with Gasteiger partial charge in [-0.25, -0.2) is 9.37 Å². The van der Waals surface area contributed by atoms with Crippen molar-refractivity contribution < 1.29 is 14.0 Å². The number of aromatic nitrogens is 2. The number of nitrogens with one attached hydrogen (secondary N) is 1. The zero-order valence-corrected chi connectivity index (χ0v) is 21.6. The number of carbonyl (C=O) groups is 2. The maximum Gasteiger partial charge on any atom is 0.238 e. The number of likely N-dealkylation sites (tertiary alicyclic amines) is 1. The SMILES string of the molecule is CNC(C)(C(N)=O)[C@@H](C(=O)N1CCC[C@@H]1c1ccnc(-n2ccc3ccc(F)cc32)c1)C1CCCCC1. The third-order valence-corrected chi connectivity index (χ3v) is 8.63. The topological polar surface area (TPSA) is 93.2 Å². The molecule has 2 aromatic heterocycles. The molecule has 2 aliphatic rings. The molecule has 196 valence electrons. The molecule has 2 amide bonds. The lowest BCUT2D eigenvalue weighted by Gasteiger charge is -2.43. The van der Waals surface area contributed by atoms with Crippen molar-refractivity contribution in [1.82, 2.24) is 19.8 Å². The number of benzene rings is 1. The maximum absolute atomic E-state index is 14.3. The van der Waals surface area contributed by atoms with E-state index >= 15 is 0 Å². The molecule has 1 aliphatic heterocycles. The molecule has 3 N–H and O–H groups in total. The van der Waals surface area contributed by atoms with Gasteiger partial charge in [-0.3, -0.25) is 9.59 Å². The van der Waals surface area contributed by atoms with Crippen molar-refractivity contribution in [2.45, 2.75) is 63.5 Å². The Hall–Kier alpha value is -3.26. The van der Waals surface area contributed by atoms with Crippen LogP contribution in [0.15, 0.2) is 48.8 Å². The summed E-state index contributed by atoms with van der Waals surface area (Å²) in [6, 6.07) is 10.5. The first kappa shape index (κ1) is 25.4. The van der Waals surface area contributed by atoms with Gasteiger partial charge in [0, 0.05) is 24.3 Å². The number of amides is 2. The van der Waals surface area contributed by atoms with Gasteiger partial charge in [-0.05, 0) is 87.5 Å². The van der Waals surface area contributed by atoms with Gasteiger partial charge < -0.3 is 20.5 Å². The molecule has 3 atom stereocenters. The predicted octanol–water partition coefficient (Wildman–Crippen LogP) is 4.49. The average molecular weight is 506 g/mol. The van der Waals surface area contributed by atoms with Crippen molar-refractivity contribution in [2.24, 2.45) is 17.6 Å². The summed E-state index contributed by atoms with van der Waals surface area (Å²) in [5.41, 5.74) is 6.50. The van der Waals surface area contributed by atoms with Gasteiger partial charge in [0.1, 0.15) is 17.2 Å². The lowest BCUT2D eigenvalue weighted by Crippen LogP contribution is -2.63. The molecule has 3 heterocycles. The van der Waals surface area contributed by atoms with Crippen LogP contribution in [0.25, 0.3) is 16.7 Å². The molecule has 0 bridgehead atoms. The Balaban J connectivity index is 1.49. The van der Waals surface area contributed by atoms with E-state index in [-0.39, 0.29) is 23.7 Å². The van der Waals surface area contributed by atoms with Crippen molar-refractivity contribution in [3.8, 4) is 5.82 Å². The highest BCUT2D eigenvalue weighted by atomic mass is 19.1. The van der Waals surface area contributed by atoms with E-state index in [2.05, 4.69) is 10.3 Å². The molecular formula is C29H36FN5O2. The summed E-state index contributed by atoms with van der Waals surface area (Å²) >= 11 is 0. The molecule has 1 unspecified atom stereocenters. The predicted molar refractivity (Wildman–Crippen MR) is 141 cm³/mol. The van der Waals surface area contributed by atoms with E-state index in [0.29, 0.717) is 12.4 Å². The number of fused-ring (bicyclic) bond motifs is 1. The minimum absolute atomic E-state index is 0.00287. The second-order valence-corrected chi connectivity index (χ2v) is 10.7. The van der Waals surface area contributed by atoms with Crippen LogP contribution < -0.4 is 11.1 Å². The Kier molecular flexibility index (Phi) is 7.03. The number of rotatable bonds is 7. The minimum atomic E-state index is -1.12. The van der Waals surface area contributed by atoms with Gasteiger partial charge in [-0.1, -0.05) is 19.3 Å². The first-order valence-electron chi connectivity index (χ1n) is 13.4. The molecule has 0 radical (unpaired) electrons. The quantitative estimate of drug-likeness (QED) is 0.495. The summed E-state index contributed by atoms with van der Waals surface area (Å²) in [5.74, 6) is -0.523. The van der Waals surface area contributed by atoms with Crippen molar-refractivity contribution >= 4 is 22.7 Å². The minimum Gasteiger partial charge on any atom is -0.368 e. The molecule has 1 aliphatic carbocycles. The van der Waals surface area contributed by atoms with Gasteiger partial charge in [-0.2, -0.15) is 0 Å². The average Bonchev–Trinajstić information content (AvgIpc) is 3.56. The number of nitrogens with zero attached hydrogens (tertiary/aromatic N) is 3. The number of halogens is 1. The summed E-state index contributed by atoms with van der Waals surface area (Å²) in [7, 11) is 1.72. The Labute approximate surface area is 217 Å². The largest absolute Gasteiger partial charge is 0.368 e. The van der Waals surface area contributed by atoms with Crippen LogP contribution >= 0.6 is 0 Å². The molecule has 8 heteroatoms. The highest BCUT2D eigenvalue weighted by Crippen LogP contribution is 2.41. The third-order valence-electron chi connectivity index (χ3n) is 8.63. The first-order chi connectivity index (χ1) is 17.8. The Morgan fingerprint density at radius 1 is 1.11 bits per heavy atom. The molecule has 1 saturated heterocycles. The molecule has 1 aromatic carbocycles. The van der Waals surface area contributed by atoms with E-state index in [9.17, 15) is 14.0 Å². The van der Waals surface area contributed by atoms with Gasteiger partial charge in [-0.15, -0.1) is 0 Å². The van der Waals surface area contributed by atoms with Gasteiger partial charge in [0.2, 0.25) is 11.8 Å². The molecule has 37 heavy (non-hydrogen) atoms. The molecule has 1 saturated carbocycles. The van der Waals surface area contributed by atoms with Gasteiger partial charge >= 0.3 is 0 Å². The summed E-state index contributed by atoms with van der Waals surface area (Å²) in [4.78, 5) is 33.4. The van der Waals surface area contributed by atoms with E-state index in [1.54, 1.807) is 26.2 Å². The zero-order valence-electron chi connectivity index (χ0n) is 21.6. The highest BCUT2D eigenvalue weighted by molar-refractivity contribution is 5.93. The van der Waals surface area contributed by atoms with Crippen LogP contribution in [-0.4, -0.2) is 45.4 Å². The zero-order chi connectivity index (χ0) is 26.2. The fourth-order valence-corrected chi connectivity index (χ4v) is 6.45. The molecule has 0 spiro atoms. The Bertz CT molecular complexity index is 1300. The van der Waals surface area contributed by atoms with Crippen LogP contribution in [0, 0.1) is 17.7 Å². The van der Waals surface area contributed by atoms with Gasteiger partial charge in [0.25, 0.3) is 0 Å². The summed E-state index contributed by atoms with van der Waals surface area (Å²) in [6.07, 6.45) is 10.5. The molecular weight excluding hydrogens is 469 g/mol. The number of likely N-dealkylation sites (N-methyl/N-ethyl adjacent to an activating group) is 1. The number of primary amides is 1. The molecule has 7 nitrogen and oxygen atoms in total. The van der Waals surface area contributed by atoms with Crippen LogP contribution in [0.5, 0.6) is 0 Å². The number of nitrogens with two attached hydrogens (primary N) is 1. The smallest absolute Gasteiger partial charge is 0.238 e. The Morgan fingerprint density at radius 3 is 2.62 bits per heavy atom. The lowest BCUT2D eigenvalue weighted by molar-refractivity contribution is -0.147. The number of hydrogen-bond donors (Lipinski definition) is 2. The van der Waals surface area contributed by atoms with Crippen LogP contribution in [0.4, 0.5) is 4.39 Å². The van der Waals surface area contributed by atoms with Crippen LogP contribution in [-0.2, 0) is 9.59 Å². The maximum atomic E-state index is 14.3. The van der Waals surface area contributed by atoms with E-state index in [0.717, 1.165) is 61.4 Å².